The molecule has 2 rings (SSSR count). The lowest BCUT2D eigenvalue weighted by atomic mass is 9.94. The monoisotopic (exact) mass is 376 g/mol. The van der Waals surface area contributed by atoms with Gasteiger partial charge >= 0.3 is 0 Å². The number of Topliss-reactive ketones (excluding diaryl/α,β-unsaturated/α-hetero) is 1. The van der Waals surface area contributed by atoms with Gasteiger partial charge in [0.1, 0.15) is 17.5 Å². The fourth-order valence-corrected chi connectivity index (χ4v) is 3.83. The second-order valence-corrected chi connectivity index (χ2v) is 13.3. The first-order chi connectivity index (χ1) is 12.1. The van der Waals surface area contributed by atoms with Crippen molar-refractivity contribution in [3.8, 4) is 5.75 Å². The third-order valence-electron chi connectivity index (χ3n) is 5.42. The number of ketones is 1. The molecular formula is C21H32O4Si. The molecule has 0 aromatic heterocycles. The quantitative estimate of drug-likeness (QED) is 0.412. The van der Waals surface area contributed by atoms with E-state index in [-0.39, 0.29) is 10.8 Å². The smallest absolute Gasteiger partial charge is 0.199 e. The van der Waals surface area contributed by atoms with Crippen LogP contribution in [0.2, 0.25) is 18.1 Å². The lowest BCUT2D eigenvalue weighted by Gasteiger charge is -2.38. The molecule has 1 aliphatic rings. The van der Waals surface area contributed by atoms with Crippen molar-refractivity contribution >= 4 is 14.1 Å². The normalized spacial score (nSPS) is 23.5. The second kappa shape index (κ2) is 8.07. The van der Waals surface area contributed by atoms with Gasteiger partial charge in [0.15, 0.2) is 14.1 Å². The molecule has 0 heterocycles. The molecule has 5 heteroatoms. The maximum atomic E-state index is 12.7. The predicted molar refractivity (Wildman–Crippen MR) is 107 cm³/mol. The number of hydrogen-bond acceptors (Lipinski definition) is 4. The van der Waals surface area contributed by atoms with E-state index in [1.807, 2.05) is 30.3 Å². The fraction of sp³-hybridized carbons (Fsp3) is 0.571. The molecule has 0 amide bonds. The molecule has 2 atom stereocenters. The largest absolute Gasteiger partial charge is 0.494 e. The number of benzene rings is 1. The molecule has 144 valence electrons. The zero-order valence-electron chi connectivity index (χ0n) is 16.6. The third kappa shape index (κ3) is 5.06. The van der Waals surface area contributed by atoms with Crippen LogP contribution in [0.1, 0.15) is 40.0 Å². The van der Waals surface area contributed by atoms with Gasteiger partial charge in [-0.25, -0.2) is 0 Å². The maximum absolute atomic E-state index is 12.7. The van der Waals surface area contributed by atoms with E-state index in [0.29, 0.717) is 19.4 Å². The van der Waals surface area contributed by atoms with E-state index < -0.39 is 20.0 Å². The first kappa shape index (κ1) is 20.9. The van der Waals surface area contributed by atoms with E-state index >= 15 is 0 Å². The van der Waals surface area contributed by atoms with Crippen LogP contribution < -0.4 is 4.74 Å². The Labute approximate surface area is 158 Å². The number of carbonyl (C=O) groups excluding carboxylic acids is 1. The highest BCUT2D eigenvalue weighted by atomic mass is 28.4. The Balaban J connectivity index is 1.79. The summed E-state index contributed by atoms with van der Waals surface area (Å²) in [5.41, 5.74) is -1.40. The van der Waals surface area contributed by atoms with Gasteiger partial charge in [0, 0.05) is 0 Å². The van der Waals surface area contributed by atoms with Gasteiger partial charge in [0.2, 0.25) is 0 Å². The molecule has 0 saturated carbocycles. The molecule has 0 spiro atoms. The zero-order chi connectivity index (χ0) is 19.4. The van der Waals surface area contributed by atoms with Gasteiger partial charge in [0.05, 0.1) is 6.61 Å². The number of carbonyl (C=O) groups is 1. The second-order valence-electron chi connectivity index (χ2n) is 8.57. The Morgan fingerprint density at radius 3 is 2.42 bits per heavy atom. The van der Waals surface area contributed by atoms with Gasteiger partial charge in [-0.15, -0.1) is 0 Å². The molecule has 4 nitrogen and oxygen atoms in total. The predicted octanol–water partition coefficient (Wildman–Crippen LogP) is 4.50. The van der Waals surface area contributed by atoms with Crippen molar-refractivity contribution in [2.75, 3.05) is 6.61 Å². The summed E-state index contributed by atoms with van der Waals surface area (Å²) in [7, 11) is -2.06. The minimum absolute atomic E-state index is 0.0244. The van der Waals surface area contributed by atoms with Crippen LogP contribution in [0.25, 0.3) is 0 Å². The van der Waals surface area contributed by atoms with Crippen LogP contribution >= 0.6 is 0 Å². The van der Waals surface area contributed by atoms with Crippen LogP contribution in [0.15, 0.2) is 42.5 Å². The van der Waals surface area contributed by atoms with E-state index in [4.69, 9.17) is 9.16 Å². The fourth-order valence-electron chi connectivity index (χ4n) is 2.66. The standard InChI is InChI=1S/C21H32O4Si/c1-20(2,3)26(4,5)25-18-13-15-21(23,19(18)22)14-9-10-16-24-17-11-7-6-8-12-17/h6-8,11-13,15,18,23H,9-10,14,16H2,1-5H3. The molecule has 0 fully saturated rings. The molecule has 0 saturated heterocycles. The van der Waals surface area contributed by atoms with E-state index in [1.54, 1.807) is 12.2 Å². The van der Waals surface area contributed by atoms with Crippen LogP contribution in [-0.2, 0) is 9.22 Å². The van der Waals surface area contributed by atoms with Crippen LogP contribution in [-0.4, -0.2) is 37.5 Å². The minimum Gasteiger partial charge on any atom is -0.494 e. The molecule has 26 heavy (non-hydrogen) atoms. The first-order valence-electron chi connectivity index (χ1n) is 9.37. The molecule has 2 unspecified atom stereocenters. The highest BCUT2D eigenvalue weighted by Crippen LogP contribution is 2.39. The molecule has 1 N–H and O–H groups in total. The van der Waals surface area contributed by atoms with Crippen molar-refractivity contribution < 1.29 is 19.1 Å². The lowest BCUT2D eigenvalue weighted by Crippen LogP contribution is -2.48. The van der Waals surface area contributed by atoms with Gasteiger partial charge < -0.3 is 14.3 Å². The number of unbranched alkanes of at least 4 members (excludes halogenated alkanes) is 1. The summed E-state index contributed by atoms with van der Waals surface area (Å²) in [5, 5.41) is 10.7. The summed E-state index contributed by atoms with van der Waals surface area (Å²) in [6.07, 6.45) is 4.62. The molecule has 1 aromatic carbocycles. The Kier molecular flexibility index (Phi) is 6.48. The molecule has 0 radical (unpaired) electrons. The highest BCUT2D eigenvalue weighted by molar-refractivity contribution is 6.74. The molecule has 1 aromatic rings. The van der Waals surface area contributed by atoms with Gasteiger partial charge in [0.25, 0.3) is 0 Å². The van der Waals surface area contributed by atoms with Crippen molar-refractivity contribution in [2.45, 2.75) is 69.9 Å². The van der Waals surface area contributed by atoms with Crippen LogP contribution in [0.3, 0.4) is 0 Å². The van der Waals surface area contributed by atoms with Crippen LogP contribution in [0.4, 0.5) is 0 Å². The summed E-state index contributed by atoms with van der Waals surface area (Å²) in [5.74, 6) is 0.609. The summed E-state index contributed by atoms with van der Waals surface area (Å²) in [4.78, 5) is 12.7. The number of ether oxygens (including phenoxy) is 1. The Hall–Kier alpha value is -1.43. The van der Waals surface area contributed by atoms with Crippen molar-refractivity contribution in [3.63, 3.8) is 0 Å². The summed E-state index contributed by atoms with van der Waals surface area (Å²) in [6, 6.07) is 9.65. The lowest BCUT2D eigenvalue weighted by molar-refractivity contribution is -0.137. The van der Waals surface area contributed by atoms with Crippen LogP contribution in [0.5, 0.6) is 5.75 Å². The third-order valence-corrected chi connectivity index (χ3v) is 9.88. The maximum Gasteiger partial charge on any atom is 0.199 e. The van der Waals surface area contributed by atoms with Crippen molar-refractivity contribution in [3.05, 3.63) is 42.5 Å². The number of aliphatic hydroxyl groups is 1. The number of para-hydroxylation sites is 1. The van der Waals surface area contributed by atoms with Crippen molar-refractivity contribution in [2.24, 2.45) is 0 Å². The van der Waals surface area contributed by atoms with Crippen molar-refractivity contribution in [1.82, 2.24) is 0 Å². The van der Waals surface area contributed by atoms with Crippen molar-refractivity contribution in [1.29, 1.82) is 0 Å². The molecule has 1 aliphatic carbocycles. The first-order valence-corrected chi connectivity index (χ1v) is 12.3. The van der Waals surface area contributed by atoms with E-state index in [2.05, 4.69) is 33.9 Å². The molecule has 0 aliphatic heterocycles. The SMILES string of the molecule is CC(C)(C)[Si](C)(C)OC1C=CC(O)(CCCCOc2ccccc2)C1=O. The van der Waals surface area contributed by atoms with Gasteiger partial charge in [-0.3, -0.25) is 4.79 Å². The topological polar surface area (TPSA) is 55.8 Å². The average molecular weight is 377 g/mol. The number of rotatable bonds is 8. The number of hydrogen-bond donors (Lipinski definition) is 1. The van der Waals surface area contributed by atoms with Crippen LogP contribution in [0, 0.1) is 0 Å². The van der Waals surface area contributed by atoms with Gasteiger partial charge in [-0.1, -0.05) is 45.0 Å². The van der Waals surface area contributed by atoms with Gasteiger partial charge in [-0.05, 0) is 55.6 Å². The summed E-state index contributed by atoms with van der Waals surface area (Å²) in [6.45, 7) is 11.2. The summed E-state index contributed by atoms with van der Waals surface area (Å²) < 4.78 is 11.8. The van der Waals surface area contributed by atoms with E-state index in [1.165, 1.54) is 0 Å². The van der Waals surface area contributed by atoms with E-state index in [9.17, 15) is 9.90 Å². The molecular weight excluding hydrogens is 344 g/mol. The Bertz CT molecular complexity index is 633. The Morgan fingerprint density at radius 2 is 1.81 bits per heavy atom. The minimum atomic E-state index is -2.06. The van der Waals surface area contributed by atoms with E-state index in [0.717, 1.165) is 12.2 Å². The zero-order valence-corrected chi connectivity index (χ0v) is 17.6. The summed E-state index contributed by atoms with van der Waals surface area (Å²) >= 11 is 0. The average Bonchev–Trinajstić information content (AvgIpc) is 2.83. The molecule has 0 bridgehead atoms. The Morgan fingerprint density at radius 1 is 1.15 bits per heavy atom. The van der Waals surface area contributed by atoms with Gasteiger partial charge in [-0.2, -0.15) is 0 Å². The highest BCUT2D eigenvalue weighted by Gasteiger charge is 2.47.